The van der Waals surface area contributed by atoms with Crippen molar-refractivity contribution in [1.29, 1.82) is 0 Å². The van der Waals surface area contributed by atoms with E-state index in [0.717, 1.165) is 12.8 Å². The van der Waals surface area contributed by atoms with E-state index in [1.165, 1.54) is 6.92 Å². The minimum atomic E-state index is -0.532. The van der Waals surface area contributed by atoms with Gasteiger partial charge in [0.05, 0.1) is 12.0 Å². The molecule has 1 saturated heterocycles. The van der Waals surface area contributed by atoms with Gasteiger partial charge in [-0.25, -0.2) is 0 Å². The molecular formula is C17H26O5. The molecule has 1 N–H and O–H groups in total. The van der Waals surface area contributed by atoms with Crippen LogP contribution in [0.5, 0.6) is 0 Å². The Labute approximate surface area is 131 Å². The van der Waals surface area contributed by atoms with Crippen LogP contribution in [0, 0.1) is 29.1 Å². The first-order valence-corrected chi connectivity index (χ1v) is 8.31. The highest BCUT2D eigenvalue weighted by molar-refractivity contribution is 5.75. The smallest absolute Gasteiger partial charge is 0.309 e. The minimum absolute atomic E-state index is 0.0303. The van der Waals surface area contributed by atoms with Crippen LogP contribution in [0.25, 0.3) is 0 Å². The molecule has 0 unspecified atom stereocenters. The number of hydrogen-bond donors (Lipinski definition) is 1. The van der Waals surface area contributed by atoms with Crippen LogP contribution in [0.4, 0.5) is 0 Å². The molecule has 0 aromatic rings. The summed E-state index contributed by atoms with van der Waals surface area (Å²) in [6, 6.07) is 0. The second kappa shape index (κ2) is 5.22. The number of rotatable bonds is 1. The van der Waals surface area contributed by atoms with Crippen molar-refractivity contribution in [2.45, 2.75) is 65.3 Å². The normalized spacial score (nSPS) is 50.8. The Morgan fingerprint density at radius 1 is 1.41 bits per heavy atom. The molecule has 8 atom stereocenters. The highest BCUT2D eigenvalue weighted by atomic mass is 16.6. The molecule has 0 amide bonds. The second-order valence-electron chi connectivity index (χ2n) is 7.68. The van der Waals surface area contributed by atoms with Crippen molar-refractivity contribution in [3.05, 3.63) is 0 Å². The molecule has 124 valence electrons. The van der Waals surface area contributed by atoms with Gasteiger partial charge in [0.15, 0.2) is 0 Å². The third kappa shape index (κ3) is 2.16. The molecule has 1 aliphatic heterocycles. The summed E-state index contributed by atoms with van der Waals surface area (Å²) < 4.78 is 11.2. The van der Waals surface area contributed by atoms with Gasteiger partial charge in [0, 0.05) is 30.6 Å². The number of carbonyl (C=O) groups excluding carboxylic acids is 2. The molecule has 3 aliphatic rings. The third-order valence-corrected chi connectivity index (χ3v) is 6.49. The molecule has 5 nitrogen and oxygen atoms in total. The standard InChI is InChI=1S/C17H26O5/c1-8-11-5-6-17(4)13(21-10(3)18)7-12(19)9(2)14(17)15(11)22-16(8)20/h8-9,11-15,19H,5-7H2,1-4H3/t8-,9+,11-,12+,13+,14+,15-,17-/m0/s1. The van der Waals surface area contributed by atoms with E-state index in [9.17, 15) is 14.7 Å². The van der Waals surface area contributed by atoms with Crippen molar-refractivity contribution in [3.63, 3.8) is 0 Å². The summed E-state index contributed by atoms with van der Waals surface area (Å²) in [5.74, 6) is -0.235. The van der Waals surface area contributed by atoms with Crippen LogP contribution >= 0.6 is 0 Å². The number of hydrogen-bond acceptors (Lipinski definition) is 5. The van der Waals surface area contributed by atoms with Gasteiger partial charge in [-0.3, -0.25) is 9.59 Å². The molecule has 2 aliphatic carbocycles. The molecule has 3 rings (SSSR count). The fourth-order valence-corrected chi connectivity index (χ4v) is 5.16. The third-order valence-electron chi connectivity index (χ3n) is 6.49. The van der Waals surface area contributed by atoms with Gasteiger partial charge in [-0.05, 0) is 18.8 Å². The van der Waals surface area contributed by atoms with Gasteiger partial charge in [0.1, 0.15) is 12.2 Å². The molecule has 1 heterocycles. The topological polar surface area (TPSA) is 72.8 Å². The van der Waals surface area contributed by atoms with Crippen LogP contribution in [-0.2, 0) is 19.1 Å². The minimum Gasteiger partial charge on any atom is -0.462 e. The van der Waals surface area contributed by atoms with Gasteiger partial charge in [-0.15, -0.1) is 0 Å². The van der Waals surface area contributed by atoms with Crippen LogP contribution in [0.2, 0.25) is 0 Å². The number of aliphatic hydroxyl groups excluding tert-OH is 1. The van der Waals surface area contributed by atoms with E-state index >= 15 is 0 Å². The number of aliphatic hydroxyl groups is 1. The van der Waals surface area contributed by atoms with Gasteiger partial charge in [0.2, 0.25) is 0 Å². The lowest BCUT2D eigenvalue weighted by atomic mass is 9.51. The SMILES string of the molecule is CC(=O)O[C@@H]1C[C@@H](O)[C@@H](C)[C@@H]2[C@H]3OC(=O)[C@@H](C)[C@@H]3CC[C@]21C. The lowest BCUT2D eigenvalue weighted by Crippen LogP contribution is -2.60. The van der Waals surface area contributed by atoms with Crippen LogP contribution in [0.1, 0.15) is 47.0 Å². The highest BCUT2D eigenvalue weighted by Gasteiger charge is 2.62. The monoisotopic (exact) mass is 310 g/mol. The van der Waals surface area contributed by atoms with Crippen molar-refractivity contribution < 1.29 is 24.2 Å². The highest BCUT2D eigenvalue weighted by Crippen LogP contribution is 2.58. The van der Waals surface area contributed by atoms with Gasteiger partial charge in [-0.1, -0.05) is 20.8 Å². The lowest BCUT2D eigenvalue weighted by molar-refractivity contribution is -0.202. The summed E-state index contributed by atoms with van der Waals surface area (Å²) >= 11 is 0. The Morgan fingerprint density at radius 2 is 2.09 bits per heavy atom. The zero-order valence-electron chi connectivity index (χ0n) is 13.7. The molecule has 0 aromatic carbocycles. The zero-order valence-corrected chi connectivity index (χ0v) is 13.7. The van der Waals surface area contributed by atoms with Gasteiger partial charge in [-0.2, -0.15) is 0 Å². The number of esters is 2. The summed E-state index contributed by atoms with van der Waals surface area (Å²) in [7, 11) is 0. The van der Waals surface area contributed by atoms with E-state index in [-0.39, 0.29) is 53.2 Å². The van der Waals surface area contributed by atoms with E-state index in [2.05, 4.69) is 6.92 Å². The zero-order chi connectivity index (χ0) is 16.2. The molecule has 22 heavy (non-hydrogen) atoms. The fourth-order valence-electron chi connectivity index (χ4n) is 5.16. The fraction of sp³-hybridized carbons (Fsp3) is 0.882. The van der Waals surface area contributed by atoms with Crippen molar-refractivity contribution in [1.82, 2.24) is 0 Å². The van der Waals surface area contributed by atoms with E-state index < -0.39 is 6.10 Å². The van der Waals surface area contributed by atoms with Crippen LogP contribution in [0.15, 0.2) is 0 Å². The van der Waals surface area contributed by atoms with Crippen molar-refractivity contribution >= 4 is 11.9 Å². The summed E-state index contributed by atoms with van der Waals surface area (Å²) in [4.78, 5) is 23.5. The maximum absolute atomic E-state index is 12.0. The average Bonchev–Trinajstić information content (AvgIpc) is 2.71. The number of carbonyl (C=O) groups is 2. The van der Waals surface area contributed by atoms with E-state index in [1.54, 1.807) is 0 Å². The molecular weight excluding hydrogens is 284 g/mol. The van der Waals surface area contributed by atoms with E-state index in [1.807, 2.05) is 13.8 Å². The molecule has 0 spiro atoms. The maximum atomic E-state index is 12.0. The van der Waals surface area contributed by atoms with Crippen LogP contribution in [0.3, 0.4) is 0 Å². The lowest BCUT2D eigenvalue weighted by Gasteiger charge is -2.56. The quantitative estimate of drug-likeness (QED) is 0.749. The molecule has 5 heteroatoms. The van der Waals surface area contributed by atoms with Crippen LogP contribution < -0.4 is 0 Å². The summed E-state index contributed by atoms with van der Waals surface area (Å²) in [6.45, 7) is 7.49. The van der Waals surface area contributed by atoms with Crippen LogP contribution in [-0.4, -0.2) is 35.4 Å². The largest absolute Gasteiger partial charge is 0.462 e. The number of fused-ring (bicyclic) bond motifs is 3. The predicted molar refractivity (Wildman–Crippen MR) is 78.7 cm³/mol. The Kier molecular flexibility index (Phi) is 3.75. The molecule has 0 bridgehead atoms. The first-order valence-electron chi connectivity index (χ1n) is 8.31. The average molecular weight is 310 g/mol. The molecule has 2 saturated carbocycles. The Balaban J connectivity index is 1.95. The first-order chi connectivity index (χ1) is 10.3. The summed E-state index contributed by atoms with van der Waals surface area (Å²) in [5, 5.41) is 10.4. The van der Waals surface area contributed by atoms with Gasteiger partial charge >= 0.3 is 11.9 Å². The Hall–Kier alpha value is -1.10. The van der Waals surface area contributed by atoms with Crippen molar-refractivity contribution in [2.24, 2.45) is 29.1 Å². The summed E-state index contributed by atoms with van der Waals surface area (Å²) in [6.07, 6.45) is 1.27. The predicted octanol–water partition coefficient (Wildman–Crippen LogP) is 1.91. The second-order valence-corrected chi connectivity index (χ2v) is 7.68. The molecule has 3 fully saturated rings. The van der Waals surface area contributed by atoms with Gasteiger partial charge < -0.3 is 14.6 Å². The maximum Gasteiger partial charge on any atom is 0.309 e. The Bertz CT molecular complexity index is 489. The van der Waals surface area contributed by atoms with Crippen molar-refractivity contribution in [3.8, 4) is 0 Å². The Morgan fingerprint density at radius 3 is 2.73 bits per heavy atom. The summed E-state index contributed by atoms with van der Waals surface area (Å²) in [5.41, 5.74) is -0.240. The number of ether oxygens (including phenoxy) is 2. The first kappa shape index (κ1) is 15.8. The molecule has 0 radical (unpaired) electrons. The van der Waals surface area contributed by atoms with E-state index in [0.29, 0.717) is 6.42 Å². The molecule has 0 aromatic heterocycles. The van der Waals surface area contributed by atoms with Crippen molar-refractivity contribution in [2.75, 3.05) is 0 Å². The van der Waals surface area contributed by atoms with E-state index in [4.69, 9.17) is 9.47 Å². The van der Waals surface area contributed by atoms with Gasteiger partial charge in [0.25, 0.3) is 0 Å².